The second-order valence-corrected chi connectivity index (χ2v) is 5.39. The van der Waals surface area contributed by atoms with Crippen molar-refractivity contribution in [2.75, 3.05) is 6.54 Å². The van der Waals surface area contributed by atoms with Crippen molar-refractivity contribution in [1.82, 2.24) is 10.3 Å². The van der Waals surface area contributed by atoms with Gasteiger partial charge in [-0.15, -0.1) is 0 Å². The Morgan fingerprint density at radius 2 is 2.41 bits per heavy atom. The molecule has 0 amide bonds. The average molecular weight is 234 g/mol. The normalized spacial score (nSPS) is 24.2. The molecule has 2 rings (SSSR count). The highest BCUT2D eigenvalue weighted by molar-refractivity contribution is 5.11. The van der Waals surface area contributed by atoms with Crippen LogP contribution < -0.4 is 5.32 Å². The van der Waals surface area contributed by atoms with Gasteiger partial charge in [-0.3, -0.25) is 4.98 Å². The van der Waals surface area contributed by atoms with Crippen LogP contribution in [0.5, 0.6) is 0 Å². The van der Waals surface area contributed by atoms with E-state index in [0.29, 0.717) is 12.5 Å². The van der Waals surface area contributed by atoms with Crippen LogP contribution in [0.2, 0.25) is 0 Å². The highest BCUT2D eigenvalue weighted by Gasteiger charge is 2.26. The maximum atomic E-state index is 10.5. The number of hydrogen-bond acceptors (Lipinski definition) is 3. The predicted octanol–water partition coefficient (Wildman–Crippen LogP) is 1.91. The standard InChI is InChI=1S/C14H22N2O/c1-14(17,9-12-5-4-7-15-11-12)10-13-6-2-3-8-16-13/h4-5,7,11,13,16-17H,2-3,6,8-10H2,1H3. The van der Waals surface area contributed by atoms with Crippen molar-refractivity contribution >= 4 is 0 Å². The molecule has 94 valence electrons. The second kappa shape index (κ2) is 5.61. The van der Waals surface area contributed by atoms with Crippen LogP contribution in [0.25, 0.3) is 0 Å². The molecule has 0 aromatic carbocycles. The maximum absolute atomic E-state index is 10.5. The number of nitrogens with one attached hydrogen (secondary N) is 1. The summed E-state index contributed by atoms with van der Waals surface area (Å²) in [6.45, 7) is 3.02. The van der Waals surface area contributed by atoms with Gasteiger partial charge in [0.15, 0.2) is 0 Å². The first-order valence-electron chi connectivity index (χ1n) is 6.50. The van der Waals surface area contributed by atoms with Crippen LogP contribution in [0, 0.1) is 0 Å². The van der Waals surface area contributed by atoms with Crippen LogP contribution in [-0.4, -0.2) is 28.3 Å². The van der Waals surface area contributed by atoms with Crippen molar-refractivity contribution in [2.24, 2.45) is 0 Å². The molecule has 2 N–H and O–H groups in total. The number of nitrogens with zero attached hydrogens (tertiary/aromatic N) is 1. The highest BCUT2D eigenvalue weighted by atomic mass is 16.3. The van der Waals surface area contributed by atoms with E-state index in [1.807, 2.05) is 25.3 Å². The molecule has 0 bridgehead atoms. The Balaban J connectivity index is 1.89. The average Bonchev–Trinajstić information content (AvgIpc) is 2.30. The molecule has 0 spiro atoms. The number of piperidine rings is 1. The summed E-state index contributed by atoms with van der Waals surface area (Å²) in [5.74, 6) is 0. The van der Waals surface area contributed by atoms with Crippen LogP contribution >= 0.6 is 0 Å². The molecular weight excluding hydrogens is 212 g/mol. The van der Waals surface area contributed by atoms with E-state index in [0.717, 1.165) is 18.5 Å². The molecule has 2 unspecified atom stereocenters. The Hall–Kier alpha value is -0.930. The fourth-order valence-corrected chi connectivity index (χ4v) is 2.64. The highest BCUT2D eigenvalue weighted by Crippen LogP contribution is 2.22. The van der Waals surface area contributed by atoms with Gasteiger partial charge < -0.3 is 10.4 Å². The Bertz CT molecular complexity index is 331. The Morgan fingerprint density at radius 3 is 3.06 bits per heavy atom. The van der Waals surface area contributed by atoms with E-state index in [2.05, 4.69) is 10.3 Å². The molecule has 17 heavy (non-hydrogen) atoms. The third-order valence-corrected chi connectivity index (χ3v) is 3.41. The topological polar surface area (TPSA) is 45.2 Å². The summed E-state index contributed by atoms with van der Waals surface area (Å²) in [7, 11) is 0. The number of aliphatic hydroxyl groups is 1. The maximum Gasteiger partial charge on any atom is 0.0675 e. The van der Waals surface area contributed by atoms with Gasteiger partial charge in [-0.1, -0.05) is 12.5 Å². The van der Waals surface area contributed by atoms with Gasteiger partial charge in [0.2, 0.25) is 0 Å². The van der Waals surface area contributed by atoms with Crippen molar-refractivity contribution in [3.05, 3.63) is 30.1 Å². The fraction of sp³-hybridized carbons (Fsp3) is 0.643. The van der Waals surface area contributed by atoms with E-state index in [4.69, 9.17) is 0 Å². The Morgan fingerprint density at radius 1 is 1.53 bits per heavy atom. The SMILES string of the molecule is CC(O)(Cc1cccnc1)CC1CCCCN1. The second-order valence-electron chi connectivity index (χ2n) is 5.39. The molecular formula is C14H22N2O. The van der Waals surface area contributed by atoms with Gasteiger partial charge in [0.25, 0.3) is 0 Å². The van der Waals surface area contributed by atoms with E-state index < -0.39 is 5.60 Å². The van der Waals surface area contributed by atoms with E-state index in [-0.39, 0.29) is 0 Å². The lowest BCUT2D eigenvalue weighted by molar-refractivity contribution is 0.0370. The van der Waals surface area contributed by atoms with Gasteiger partial charge in [0.05, 0.1) is 5.60 Å². The first-order chi connectivity index (χ1) is 8.16. The van der Waals surface area contributed by atoms with Crippen LogP contribution in [0.4, 0.5) is 0 Å². The summed E-state index contributed by atoms with van der Waals surface area (Å²) < 4.78 is 0. The van der Waals surface area contributed by atoms with Gasteiger partial charge in [0.1, 0.15) is 0 Å². The Kier molecular flexibility index (Phi) is 4.13. The lowest BCUT2D eigenvalue weighted by atomic mass is 9.87. The first kappa shape index (κ1) is 12.5. The molecule has 2 atom stereocenters. The molecule has 2 heterocycles. The molecule has 1 aliphatic heterocycles. The van der Waals surface area contributed by atoms with E-state index in [1.54, 1.807) is 6.20 Å². The lowest BCUT2D eigenvalue weighted by Crippen LogP contribution is -2.41. The largest absolute Gasteiger partial charge is 0.390 e. The molecule has 3 nitrogen and oxygen atoms in total. The molecule has 1 aliphatic rings. The minimum Gasteiger partial charge on any atom is -0.390 e. The lowest BCUT2D eigenvalue weighted by Gasteiger charge is -2.31. The zero-order valence-corrected chi connectivity index (χ0v) is 10.5. The quantitative estimate of drug-likeness (QED) is 0.836. The zero-order valence-electron chi connectivity index (χ0n) is 10.5. The molecule has 1 saturated heterocycles. The van der Waals surface area contributed by atoms with Crippen molar-refractivity contribution in [3.63, 3.8) is 0 Å². The zero-order chi connectivity index (χ0) is 12.1. The molecule has 0 saturated carbocycles. The molecule has 1 aromatic heterocycles. The van der Waals surface area contributed by atoms with Gasteiger partial charge in [0, 0.05) is 24.9 Å². The monoisotopic (exact) mass is 234 g/mol. The van der Waals surface area contributed by atoms with Crippen molar-refractivity contribution < 1.29 is 5.11 Å². The van der Waals surface area contributed by atoms with Gasteiger partial charge in [-0.05, 0) is 44.4 Å². The van der Waals surface area contributed by atoms with Crippen molar-refractivity contribution in [2.45, 2.75) is 50.7 Å². The van der Waals surface area contributed by atoms with Crippen LogP contribution in [-0.2, 0) is 6.42 Å². The fourth-order valence-electron chi connectivity index (χ4n) is 2.64. The van der Waals surface area contributed by atoms with Gasteiger partial charge in [-0.2, -0.15) is 0 Å². The summed E-state index contributed by atoms with van der Waals surface area (Å²) in [6, 6.07) is 4.41. The molecule has 1 fully saturated rings. The number of hydrogen-bond donors (Lipinski definition) is 2. The predicted molar refractivity (Wildman–Crippen MR) is 68.8 cm³/mol. The van der Waals surface area contributed by atoms with Gasteiger partial charge >= 0.3 is 0 Å². The molecule has 1 aromatic rings. The Labute approximate surface area is 103 Å². The third kappa shape index (κ3) is 4.10. The summed E-state index contributed by atoms with van der Waals surface area (Å²) in [6.07, 6.45) is 8.83. The summed E-state index contributed by atoms with van der Waals surface area (Å²) in [5, 5.41) is 13.9. The van der Waals surface area contributed by atoms with Gasteiger partial charge in [-0.25, -0.2) is 0 Å². The molecule has 0 aliphatic carbocycles. The molecule has 0 radical (unpaired) electrons. The van der Waals surface area contributed by atoms with E-state index >= 15 is 0 Å². The molecule has 3 heteroatoms. The smallest absolute Gasteiger partial charge is 0.0675 e. The summed E-state index contributed by atoms with van der Waals surface area (Å²) >= 11 is 0. The first-order valence-corrected chi connectivity index (χ1v) is 6.50. The third-order valence-electron chi connectivity index (χ3n) is 3.41. The number of aromatic nitrogens is 1. The number of rotatable bonds is 4. The van der Waals surface area contributed by atoms with Crippen molar-refractivity contribution in [3.8, 4) is 0 Å². The van der Waals surface area contributed by atoms with E-state index in [9.17, 15) is 5.11 Å². The minimum absolute atomic E-state index is 0.468. The van der Waals surface area contributed by atoms with Crippen LogP contribution in [0.3, 0.4) is 0 Å². The minimum atomic E-state index is -0.641. The summed E-state index contributed by atoms with van der Waals surface area (Å²) in [4.78, 5) is 4.09. The van der Waals surface area contributed by atoms with E-state index in [1.165, 1.54) is 19.3 Å². The summed E-state index contributed by atoms with van der Waals surface area (Å²) in [5.41, 5.74) is 0.464. The number of pyridine rings is 1. The van der Waals surface area contributed by atoms with Crippen LogP contribution in [0.1, 0.15) is 38.2 Å². The van der Waals surface area contributed by atoms with Crippen LogP contribution in [0.15, 0.2) is 24.5 Å². The van der Waals surface area contributed by atoms with Crippen molar-refractivity contribution in [1.29, 1.82) is 0 Å².